The van der Waals surface area contributed by atoms with Gasteiger partial charge in [-0.1, -0.05) is 12.1 Å². The number of carbonyl (C=O) groups excluding carboxylic acids is 1. The summed E-state index contributed by atoms with van der Waals surface area (Å²) in [6, 6.07) is 8.01. The van der Waals surface area contributed by atoms with Crippen molar-refractivity contribution in [2.45, 2.75) is 57.8 Å². The number of amides is 1. The summed E-state index contributed by atoms with van der Waals surface area (Å²) in [5.41, 5.74) is 0.326. The van der Waals surface area contributed by atoms with Crippen molar-refractivity contribution in [3.63, 3.8) is 0 Å². The van der Waals surface area contributed by atoms with Gasteiger partial charge in [0.2, 0.25) is 5.91 Å². The number of rotatable bonds is 5. The molecule has 0 bridgehead atoms. The lowest BCUT2D eigenvalue weighted by Crippen LogP contribution is -2.43. The number of likely N-dealkylation sites (N-methyl/N-ethyl adjacent to an activating group) is 1. The quantitative estimate of drug-likeness (QED) is 0.722. The van der Waals surface area contributed by atoms with E-state index in [-0.39, 0.29) is 30.3 Å². The van der Waals surface area contributed by atoms with Crippen LogP contribution in [0, 0.1) is 0 Å². The van der Waals surface area contributed by atoms with E-state index in [9.17, 15) is 4.79 Å². The molecule has 0 N–H and O–H groups in total. The molecular formula is C21H33BN2O4. The van der Waals surface area contributed by atoms with Crippen molar-refractivity contribution in [2.24, 2.45) is 0 Å². The fourth-order valence-electron chi connectivity index (χ4n) is 3.39. The number of carbonyl (C=O) groups is 1. The van der Waals surface area contributed by atoms with E-state index in [1.807, 2.05) is 24.3 Å². The van der Waals surface area contributed by atoms with Gasteiger partial charge in [-0.25, -0.2) is 0 Å². The van der Waals surface area contributed by atoms with E-state index in [0.717, 1.165) is 37.1 Å². The van der Waals surface area contributed by atoms with E-state index >= 15 is 0 Å². The molecule has 0 unspecified atom stereocenters. The Kier molecular flexibility index (Phi) is 6.08. The number of likely N-dealkylation sites (tertiary alicyclic amines) is 1. The summed E-state index contributed by atoms with van der Waals surface area (Å²) in [4.78, 5) is 15.7. The maximum absolute atomic E-state index is 11.8. The minimum atomic E-state index is -0.350. The molecule has 0 spiro atoms. The van der Waals surface area contributed by atoms with Gasteiger partial charge in [-0.2, -0.15) is 0 Å². The molecule has 1 aromatic rings. The standard InChI is InChI=1S/C21H33BN2O4/c1-20(2)21(3,4)28-22(27-20)16-7-9-17(10-8-16)26-18-11-13-24(14-12-18)15-19(25)23(5)6/h7-10,18H,11-15H2,1-6H3. The lowest BCUT2D eigenvalue weighted by molar-refractivity contribution is -0.130. The summed E-state index contributed by atoms with van der Waals surface area (Å²) in [7, 11) is 3.24. The molecule has 1 amide bonds. The molecule has 6 nitrogen and oxygen atoms in total. The number of hydrogen-bond acceptors (Lipinski definition) is 5. The van der Waals surface area contributed by atoms with Gasteiger partial charge in [-0.3, -0.25) is 9.69 Å². The second-order valence-electron chi connectivity index (χ2n) is 9.04. The van der Waals surface area contributed by atoms with Crippen LogP contribution in [0.1, 0.15) is 40.5 Å². The second kappa shape index (κ2) is 8.05. The number of hydrogen-bond donors (Lipinski definition) is 0. The molecular weight excluding hydrogens is 355 g/mol. The number of benzene rings is 1. The zero-order valence-corrected chi connectivity index (χ0v) is 18.0. The number of piperidine rings is 1. The van der Waals surface area contributed by atoms with Crippen LogP contribution in [-0.4, -0.2) is 73.9 Å². The highest BCUT2D eigenvalue weighted by atomic mass is 16.7. The normalized spacial score (nSPS) is 22.3. The highest BCUT2D eigenvalue weighted by Gasteiger charge is 2.51. The van der Waals surface area contributed by atoms with Crippen molar-refractivity contribution in [3.05, 3.63) is 24.3 Å². The molecule has 2 fully saturated rings. The molecule has 0 radical (unpaired) electrons. The van der Waals surface area contributed by atoms with Gasteiger partial charge >= 0.3 is 7.12 Å². The highest BCUT2D eigenvalue weighted by Crippen LogP contribution is 2.36. The summed E-state index contributed by atoms with van der Waals surface area (Å²) >= 11 is 0. The van der Waals surface area contributed by atoms with E-state index in [4.69, 9.17) is 14.0 Å². The predicted molar refractivity (Wildman–Crippen MR) is 111 cm³/mol. The third kappa shape index (κ3) is 4.70. The molecule has 0 aromatic heterocycles. The third-order valence-electron chi connectivity index (χ3n) is 6.10. The minimum absolute atomic E-state index is 0.151. The van der Waals surface area contributed by atoms with Crippen LogP contribution in [0.5, 0.6) is 5.75 Å². The van der Waals surface area contributed by atoms with Crippen LogP contribution >= 0.6 is 0 Å². The lowest BCUT2D eigenvalue weighted by atomic mass is 9.79. The molecule has 0 atom stereocenters. The maximum Gasteiger partial charge on any atom is 0.494 e. The zero-order valence-electron chi connectivity index (χ0n) is 18.0. The molecule has 2 aliphatic rings. The molecule has 7 heteroatoms. The lowest BCUT2D eigenvalue weighted by Gasteiger charge is -2.32. The van der Waals surface area contributed by atoms with Gasteiger partial charge in [0.15, 0.2) is 0 Å². The van der Waals surface area contributed by atoms with Crippen LogP contribution in [-0.2, 0) is 14.1 Å². The summed E-state index contributed by atoms with van der Waals surface area (Å²) < 4.78 is 18.4. The summed E-state index contributed by atoms with van der Waals surface area (Å²) in [6.07, 6.45) is 2.05. The molecule has 3 rings (SSSR count). The zero-order chi connectivity index (χ0) is 20.5. The average Bonchev–Trinajstić information content (AvgIpc) is 2.85. The average molecular weight is 388 g/mol. The fourth-order valence-corrected chi connectivity index (χ4v) is 3.39. The molecule has 0 aliphatic carbocycles. The topological polar surface area (TPSA) is 51.2 Å². The SMILES string of the molecule is CN(C)C(=O)CN1CCC(Oc2ccc(B3OC(C)(C)C(C)(C)O3)cc2)CC1. The van der Waals surface area contributed by atoms with Gasteiger partial charge < -0.3 is 18.9 Å². The summed E-state index contributed by atoms with van der Waals surface area (Å²) in [6.45, 7) is 10.5. The van der Waals surface area contributed by atoms with E-state index in [2.05, 4.69) is 32.6 Å². The van der Waals surface area contributed by atoms with Gasteiger partial charge in [-0.05, 0) is 58.1 Å². The molecule has 2 saturated heterocycles. The van der Waals surface area contributed by atoms with Gasteiger partial charge in [-0.15, -0.1) is 0 Å². The van der Waals surface area contributed by atoms with Crippen LogP contribution < -0.4 is 10.2 Å². The number of ether oxygens (including phenoxy) is 1. The van der Waals surface area contributed by atoms with E-state index in [1.54, 1.807) is 19.0 Å². The first-order valence-electron chi connectivity index (χ1n) is 10.1. The highest BCUT2D eigenvalue weighted by molar-refractivity contribution is 6.62. The van der Waals surface area contributed by atoms with E-state index in [0.29, 0.717) is 6.54 Å². The molecule has 0 saturated carbocycles. The van der Waals surface area contributed by atoms with Crippen LogP contribution in [0.2, 0.25) is 0 Å². The van der Waals surface area contributed by atoms with Gasteiger partial charge in [0, 0.05) is 27.2 Å². The molecule has 2 heterocycles. The Morgan fingerprint density at radius 2 is 1.64 bits per heavy atom. The summed E-state index contributed by atoms with van der Waals surface area (Å²) in [5.74, 6) is 1.01. The Hall–Kier alpha value is -1.57. The minimum Gasteiger partial charge on any atom is -0.490 e. The van der Waals surface area contributed by atoms with E-state index < -0.39 is 0 Å². The molecule has 154 valence electrons. The smallest absolute Gasteiger partial charge is 0.490 e. The largest absolute Gasteiger partial charge is 0.494 e. The van der Waals surface area contributed by atoms with Crippen molar-refractivity contribution < 1.29 is 18.8 Å². The van der Waals surface area contributed by atoms with Gasteiger partial charge in [0.05, 0.1) is 17.7 Å². The Bertz CT molecular complexity index is 666. The first-order chi connectivity index (χ1) is 13.1. The Labute approximate surface area is 169 Å². The van der Waals surface area contributed by atoms with Crippen LogP contribution in [0.3, 0.4) is 0 Å². The van der Waals surface area contributed by atoms with Gasteiger partial charge in [0.25, 0.3) is 0 Å². The molecule has 1 aromatic carbocycles. The summed E-state index contributed by atoms with van der Waals surface area (Å²) in [5, 5.41) is 0. The Balaban J connectivity index is 1.50. The van der Waals surface area contributed by atoms with Crippen molar-refractivity contribution in [2.75, 3.05) is 33.7 Å². The van der Waals surface area contributed by atoms with Crippen molar-refractivity contribution in [1.29, 1.82) is 0 Å². The van der Waals surface area contributed by atoms with Crippen LogP contribution in [0.15, 0.2) is 24.3 Å². The first-order valence-corrected chi connectivity index (χ1v) is 10.1. The van der Waals surface area contributed by atoms with Crippen LogP contribution in [0.4, 0.5) is 0 Å². The number of nitrogens with zero attached hydrogens (tertiary/aromatic N) is 2. The maximum atomic E-state index is 11.8. The van der Waals surface area contributed by atoms with Crippen molar-refractivity contribution in [1.82, 2.24) is 9.80 Å². The third-order valence-corrected chi connectivity index (χ3v) is 6.10. The van der Waals surface area contributed by atoms with E-state index in [1.165, 1.54) is 0 Å². The Morgan fingerprint density at radius 3 is 2.14 bits per heavy atom. The Morgan fingerprint density at radius 1 is 1.11 bits per heavy atom. The monoisotopic (exact) mass is 388 g/mol. The first kappa shape index (κ1) is 21.2. The van der Waals surface area contributed by atoms with Crippen LogP contribution in [0.25, 0.3) is 0 Å². The second-order valence-corrected chi connectivity index (χ2v) is 9.04. The van der Waals surface area contributed by atoms with Crippen molar-refractivity contribution in [3.8, 4) is 5.75 Å². The predicted octanol–water partition coefficient (Wildman–Crippen LogP) is 1.92. The molecule has 2 aliphatic heterocycles. The van der Waals surface area contributed by atoms with Crippen molar-refractivity contribution >= 4 is 18.5 Å². The fraction of sp³-hybridized carbons (Fsp3) is 0.667. The molecule has 28 heavy (non-hydrogen) atoms. The van der Waals surface area contributed by atoms with Gasteiger partial charge in [0.1, 0.15) is 11.9 Å².